The van der Waals surface area contributed by atoms with E-state index in [0.29, 0.717) is 30.3 Å². The highest BCUT2D eigenvalue weighted by Gasteiger charge is 2.18. The number of benzene rings is 3. The van der Waals surface area contributed by atoms with Gasteiger partial charge in [0.1, 0.15) is 5.75 Å². The first-order valence-corrected chi connectivity index (χ1v) is 12.2. The first kappa shape index (κ1) is 28.0. The van der Waals surface area contributed by atoms with Crippen LogP contribution in [0, 0.1) is 0 Å². The minimum absolute atomic E-state index is 0.00610. The van der Waals surface area contributed by atoms with Crippen molar-refractivity contribution in [2.24, 2.45) is 0 Å². The Morgan fingerprint density at radius 3 is 2.18 bits per heavy atom. The van der Waals surface area contributed by atoms with Gasteiger partial charge in [-0.25, -0.2) is 14.4 Å². The summed E-state index contributed by atoms with van der Waals surface area (Å²) in [6.07, 6.45) is 4.50. The van der Waals surface area contributed by atoms with Gasteiger partial charge in [-0.2, -0.15) is 0 Å². The van der Waals surface area contributed by atoms with Gasteiger partial charge in [0, 0.05) is 11.6 Å². The van der Waals surface area contributed by atoms with Crippen molar-refractivity contribution in [3.05, 3.63) is 90.5 Å². The molecule has 8 heteroatoms. The summed E-state index contributed by atoms with van der Waals surface area (Å²) in [5.74, 6) is -1.20. The van der Waals surface area contributed by atoms with Crippen LogP contribution in [0.5, 0.6) is 17.2 Å². The fraction of sp³-hybridized carbons (Fsp3) is 0.233. The first-order chi connectivity index (χ1) is 18.4. The van der Waals surface area contributed by atoms with Crippen LogP contribution in [0.15, 0.2) is 79.4 Å². The molecule has 0 aliphatic carbocycles. The number of aromatic carboxylic acids is 1. The molecular weight excluding hydrogens is 488 g/mol. The van der Waals surface area contributed by atoms with Crippen LogP contribution in [0.25, 0.3) is 11.1 Å². The zero-order valence-electron chi connectivity index (χ0n) is 21.2. The first-order valence-electron chi connectivity index (χ1n) is 12.2. The summed E-state index contributed by atoms with van der Waals surface area (Å²) in [6, 6.07) is 18.4. The fourth-order valence-electron chi connectivity index (χ4n) is 3.64. The van der Waals surface area contributed by atoms with Crippen LogP contribution in [0.2, 0.25) is 0 Å². The number of unbranched alkanes of at least 4 members (excludes halogenated alkanes) is 3. The molecule has 198 valence electrons. The van der Waals surface area contributed by atoms with E-state index in [0.717, 1.165) is 37.3 Å². The predicted molar refractivity (Wildman–Crippen MR) is 142 cm³/mol. The van der Waals surface area contributed by atoms with Gasteiger partial charge in [0.25, 0.3) is 0 Å². The van der Waals surface area contributed by atoms with Gasteiger partial charge in [-0.1, -0.05) is 36.9 Å². The Morgan fingerprint density at radius 2 is 1.50 bits per heavy atom. The highest BCUT2D eigenvalue weighted by Crippen LogP contribution is 2.33. The number of hydrogen-bond acceptors (Lipinski definition) is 7. The van der Waals surface area contributed by atoms with E-state index in [4.69, 9.17) is 18.9 Å². The van der Waals surface area contributed by atoms with Crippen molar-refractivity contribution in [3.63, 3.8) is 0 Å². The predicted octanol–water partition coefficient (Wildman–Crippen LogP) is 5.95. The zero-order chi connectivity index (χ0) is 27.3. The summed E-state index contributed by atoms with van der Waals surface area (Å²) < 4.78 is 21.8. The highest BCUT2D eigenvalue weighted by molar-refractivity contribution is 5.94. The van der Waals surface area contributed by atoms with Crippen LogP contribution in [-0.2, 0) is 9.53 Å². The molecule has 0 bridgehead atoms. The van der Waals surface area contributed by atoms with Crippen molar-refractivity contribution in [3.8, 4) is 28.4 Å². The van der Waals surface area contributed by atoms with Gasteiger partial charge >= 0.3 is 17.9 Å². The molecule has 3 aromatic carbocycles. The minimum Gasteiger partial charge on any atom is -0.493 e. The molecule has 0 heterocycles. The highest BCUT2D eigenvalue weighted by atomic mass is 16.5. The largest absolute Gasteiger partial charge is 0.493 e. The van der Waals surface area contributed by atoms with Gasteiger partial charge in [-0.3, -0.25) is 0 Å². The summed E-state index contributed by atoms with van der Waals surface area (Å²) in [7, 11) is 1.48. The van der Waals surface area contributed by atoms with Gasteiger partial charge in [0.15, 0.2) is 11.5 Å². The Labute approximate surface area is 221 Å². The number of hydrogen-bond donors (Lipinski definition) is 1. The SMILES string of the molecule is C=CC(=O)OCCCCCCOc1ccc(C(=O)Oc2cc(C(=O)O)ccc2-c2ccccc2)cc1OC. The van der Waals surface area contributed by atoms with Crippen LogP contribution >= 0.6 is 0 Å². The molecule has 8 nitrogen and oxygen atoms in total. The molecule has 0 spiro atoms. The summed E-state index contributed by atoms with van der Waals surface area (Å²) in [6.45, 7) is 4.17. The molecule has 0 aliphatic rings. The lowest BCUT2D eigenvalue weighted by atomic mass is 10.0. The van der Waals surface area contributed by atoms with E-state index in [2.05, 4.69) is 6.58 Å². The number of carbonyl (C=O) groups excluding carboxylic acids is 2. The average Bonchev–Trinajstić information content (AvgIpc) is 2.94. The molecule has 1 N–H and O–H groups in total. The number of methoxy groups -OCH3 is 1. The van der Waals surface area contributed by atoms with Crippen molar-refractivity contribution >= 4 is 17.9 Å². The number of rotatable bonds is 14. The van der Waals surface area contributed by atoms with E-state index < -0.39 is 17.9 Å². The summed E-state index contributed by atoms with van der Waals surface area (Å²) in [5.41, 5.74) is 1.61. The van der Waals surface area contributed by atoms with Crippen molar-refractivity contribution in [2.75, 3.05) is 20.3 Å². The van der Waals surface area contributed by atoms with E-state index >= 15 is 0 Å². The van der Waals surface area contributed by atoms with Crippen LogP contribution in [0.3, 0.4) is 0 Å². The number of carbonyl (C=O) groups is 3. The lowest BCUT2D eigenvalue weighted by Crippen LogP contribution is -2.11. The molecule has 0 fully saturated rings. The van der Waals surface area contributed by atoms with E-state index in [9.17, 15) is 19.5 Å². The molecule has 0 aliphatic heterocycles. The van der Waals surface area contributed by atoms with Crippen molar-refractivity contribution in [2.45, 2.75) is 25.7 Å². The summed E-state index contributed by atoms with van der Waals surface area (Å²) in [5, 5.41) is 9.40. The maximum atomic E-state index is 13.0. The van der Waals surface area contributed by atoms with E-state index in [-0.39, 0.29) is 16.9 Å². The van der Waals surface area contributed by atoms with Crippen molar-refractivity contribution in [1.82, 2.24) is 0 Å². The van der Waals surface area contributed by atoms with E-state index in [1.807, 2.05) is 30.3 Å². The van der Waals surface area contributed by atoms with Gasteiger partial charge in [0.2, 0.25) is 0 Å². The van der Waals surface area contributed by atoms with Crippen LogP contribution in [0.1, 0.15) is 46.4 Å². The van der Waals surface area contributed by atoms with Gasteiger partial charge in [0.05, 0.1) is 31.5 Å². The van der Waals surface area contributed by atoms with E-state index in [1.54, 1.807) is 18.2 Å². The Bertz CT molecular complexity index is 1270. The minimum atomic E-state index is -1.12. The molecule has 3 rings (SSSR count). The van der Waals surface area contributed by atoms with Gasteiger partial charge < -0.3 is 24.1 Å². The molecule has 0 saturated heterocycles. The molecule has 0 saturated carbocycles. The maximum absolute atomic E-state index is 13.0. The molecule has 0 amide bonds. The van der Waals surface area contributed by atoms with Crippen LogP contribution in [-0.4, -0.2) is 43.3 Å². The standard InChI is InChI=1S/C30H30O8/c1-3-28(31)37-18-10-5-4-9-17-36-25-16-14-23(20-27(25)35-2)30(34)38-26-19-22(29(32)33)13-15-24(26)21-11-7-6-8-12-21/h3,6-8,11-16,19-20H,1,4-5,9-10,17-18H2,2H3,(H,32,33). The second-order valence-electron chi connectivity index (χ2n) is 8.27. The quantitative estimate of drug-likeness (QED) is 0.121. The summed E-state index contributed by atoms with van der Waals surface area (Å²) in [4.78, 5) is 35.5. The molecule has 3 aromatic rings. The Morgan fingerprint density at radius 1 is 0.816 bits per heavy atom. The summed E-state index contributed by atoms with van der Waals surface area (Å²) >= 11 is 0. The Kier molecular flexibility index (Phi) is 10.5. The molecule has 0 aromatic heterocycles. The Hall–Kier alpha value is -4.59. The lowest BCUT2D eigenvalue weighted by Gasteiger charge is -2.14. The van der Waals surface area contributed by atoms with Gasteiger partial charge in [-0.15, -0.1) is 0 Å². The number of carboxylic acids is 1. The zero-order valence-corrected chi connectivity index (χ0v) is 21.2. The molecule has 0 atom stereocenters. The van der Waals surface area contributed by atoms with E-state index in [1.165, 1.54) is 25.3 Å². The molecule has 0 unspecified atom stereocenters. The van der Waals surface area contributed by atoms with Crippen molar-refractivity contribution < 1.29 is 38.4 Å². The van der Waals surface area contributed by atoms with Gasteiger partial charge in [-0.05, 0) is 67.6 Å². The molecule has 38 heavy (non-hydrogen) atoms. The molecular formula is C30H30O8. The normalized spacial score (nSPS) is 10.3. The third-order valence-electron chi connectivity index (χ3n) is 5.62. The monoisotopic (exact) mass is 518 g/mol. The number of carboxylic acid groups (broad SMARTS) is 1. The third-order valence-corrected chi connectivity index (χ3v) is 5.62. The Balaban J connectivity index is 1.62. The number of ether oxygens (including phenoxy) is 4. The van der Waals surface area contributed by atoms with Crippen molar-refractivity contribution in [1.29, 1.82) is 0 Å². The second kappa shape index (κ2) is 14.2. The lowest BCUT2D eigenvalue weighted by molar-refractivity contribution is -0.137. The number of esters is 2. The smallest absolute Gasteiger partial charge is 0.343 e. The van der Waals surface area contributed by atoms with Crippen LogP contribution in [0.4, 0.5) is 0 Å². The van der Waals surface area contributed by atoms with Crippen LogP contribution < -0.4 is 14.2 Å². The topological polar surface area (TPSA) is 108 Å². The third kappa shape index (κ3) is 7.96. The molecule has 0 radical (unpaired) electrons. The average molecular weight is 519 g/mol. The fourth-order valence-corrected chi connectivity index (χ4v) is 3.64. The second-order valence-corrected chi connectivity index (χ2v) is 8.27. The maximum Gasteiger partial charge on any atom is 0.343 e.